The smallest absolute Gasteiger partial charge is 0.355 e. The van der Waals surface area contributed by atoms with Crippen molar-refractivity contribution in [1.82, 2.24) is 4.98 Å². The van der Waals surface area contributed by atoms with E-state index in [-0.39, 0.29) is 5.69 Å². The van der Waals surface area contributed by atoms with Crippen molar-refractivity contribution in [3.05, 3.63) is 44.8 Å². The standard InChI is InChI=1S/C11H8BrNO2S2/c12-7-3-1-2-4-9(7)16-6-10-13-8(5-17-10)11(14)15/h1-5H,6H2,(H,14,15). The van der Waals surface area contributed by atoms with Gasteiger partial charge in [-0.3, -0.25) is 0 Å². The van der Waals surface area contributed by atoms with Gasteiger partial charge in [0.2, 0.25) is 0 Å². The lowest BCUT2D eigenvalue weighted by Gasteiger charge is -2.01. The molecule has 1 aromatic carbocycles. The van der Waals surface area contributed by atoms with E-state index in [0.29, 0.717) is 5.75 Å². The van der Waals surface area contributed by atoms with E-state index >= 15 is 0 Å². The first kappa shape index (κ1) is 12.6. The molecule has 17 heavy (non-hydrogen) atoms. The Morgan fingerprint density at radius 1 is 1.47 bits per heavy atom. The first-order chi connectivity index (χ1) is 8.16. The fourth-order valence-corrected chi connectivity index (χ4v) is 3.53. The van der Waals surface area contributed by atoms with Crippen molar-refractivity contribution in [1.29, 1.82) is 0 Å². The molecule has 0 spiro atoms. The maximum Gasteiger partial charge on any atom is 0.355 e. The molecule has 0 radical (unpaired) electrons. The number of benzene rings is 1. The Bertz CT molecular complexity index is 542. The normalized spacial score (nSPS) is 10.4. The Labute approximate surface area is 115 Å². The molecule has 1 aromatic heterocycles. The molecule has 2 rings (SSSR count). The number of aromatic nitrogens is 1. The zero-order valence-corrected chi connectivity index (χ0v) is 11.8. The molecule has 0 aliphatic heterocycles. The third-order valence-corrected chi connectivity index (χ3v) is 5.03. The van der Waals surface area contributed by atoms with Crippen LogP contribution in [0.5, 0.6) is 0 Å². The first-order valence-corrected chi connectivity index (χ1v) is 7.37. The average molecular weight is 330 g/mol. The summed E-state index contributed by atoms with van der Waals surface area (Å²) in [7, 11) is 0. The molecule has 0 unspecified atom stereocenters. The number of hydrogen-bond acceptors (Lipinski definition) is 4. The summed E-state index contributed by atoms with van der Waals surface area (Å²) >= 11 is 6.47. The van der Waals surface area contributed by atoms with Crippen molar-refractivity contribution in [2.75, 3.05) is 0 Å². The second-order valence-corrected chi connectivity index (χ2v) is 5.96. The Morgan fingerprint density at radius 2 is 2.24 bits per heavy atom. The third kappa shape index (κ3) is 3.31. The van der Waals surface area contributed by atoms with Gasteiger partial charge in [-0.1, -0.05) is 12.1 Å². The van der Waals surface area contributed by atoms with E-state index in [9.17, 15) is 4.79 Å². The largest absolute Gasteiger partial charge is 0.476 e. The predicted molar refractivity (Wildman–Crippen MR) is 72.8 cm³/mol. The fraction of sp³-hybridized carbons (Fsp3) is 0.0909. The maximum absolute atomic E-state index is 10.7. The number of aromatic carboxylic acids is 1. The summed E-state index contributed by atoms with van der Waals surface area (Å²) in [6, 6.07) is 7.92. The number of carboxylic acid groups (broad SMARTS) is 1. The molecule has 0 aliphatic carbocycles. The van der Waals surface area contributed by atoms with Crippen molar-refractivity contribution in [3.8, 4) is 0 Å². The number of nitrogens with zero attached hydrogens (tertiary/aromatic N) is 1. The molecule has 0 saturated carbocycles. The molecule has 0 atom stereocenters. The van der Waals surface area contributed by atoms with Gasteiger partial charge in [0.1, 0.15) is 5.01 Å². The van der Waals surface area contributed by atoms with Crippen molar-refractivity contribution >= 4 is 45.0 Å². The van der Waals surface area contributed by atoms with E-state index in [1.807, 2.05) is 24.3 Å². The van der Waals surface area contributed by atoms with Gasteiger partial charge in [-0.25, -0.2) is 9.78 Å². The van der Waals surface area contributed by atoms with Crippen LogP contribution >= 0.6 is 39.0 Å². The van der Waals surface area contributed by atoms with Crippen LogP contribution in [0, 0.1) is 0 Å². The van der Waals surface area contributed by atoms with E-state index in [0.717, 1.165) is 14.4 Å². The van der Waals surface area contributed by atoms with Gasteiger partial charge < -0.3 is 5.11 Å². The lowest BCUT2D eigenvalue weighted by atomic mass is 10.4. The lowest BCUT2D eigenvalue weighted by molar-refractivity contribution is 0.0691. The minimum atomic E-state index is -0.974. The van der Waals surface area contributed by atoms with Gasteiger partial charge in [0.25, 0.3) is 0 Å². The Morgan fingerprint density at radius 3 is 2.88 bits per heavy atom. The van der Waals surface area contributed by atoms with Gasteiger partial charge >= 0.3 is 5.97 Å². The Hall–Kier alpha value is -0.850. The van der Waals surface area contributed by atoms with Crippen LogP contribution in [-0.4, -0.2) is 16.1 Å². The molecule has 0 aliphatic rings. The number of rotatable bonds is 4. The molecule has 0 fully saturated rings. The van der Waals surface area contributed by atoms with Crippen molar-refractivity contribution in [3.63, 3.8) is 0 Å². The summed E-state index contributed by atoms with van der Waals surface area (Å²) in [5.41, 5.74) is 0.123. The minimum Gasteiger partial charge on any atom is -0.476 e. The van der Waals surface area contributed by atoms with Crippen LogP contribution in [0.4, 0.5) is 0 Å². The summed E-state index contributed by atoms with van der Waals surface area (Å²) in [5, 5.41) is 11.1. The average Bonchev–Trinajstić information content (AvgIpc) is 2.77. The summed E-state index contributed by atoms with van der Waals surface area (Å²) < 4.78 is 1.04. The monoisotopic (exact) mass is 329 g/mol. The molecule has 0 bridgehead atoms. The Kier molecular flexibility index (Phi) is 4.20. The number of hydrogen-bond donors (Lipinski definition) is 1. The molecular weight excluding hydrogens is 322 g/mol. The highest BCUT2D eigenvalue weighted by Gasteiger charge is 2.09. The molecular formula is C11H8BrNO2S2. The van der Waals surface area contributed by atoms with Gasteiger partial charge in [-0.2, -0.15) is 0 Å². The molecule has 0 saturated heterocycles. The number of carbonyl (C=O) groups is 1. The quantitative estimate of drug-likeness (QED) is 0.864. The minimum absolute atomic E-state index is 0.123. The van der Waals surface area contributed by atoms with Gasteiger partial charge in [0, 0.05) is 14.7 Å². The van der Waals surface area contributed by atoms with Crippen LogP contribution in [-0.2, 0) is 5.75 Å². The molecule has 6 heteroatoms. The van der Waals surface area contributed by atoms with Crippen molar-refractivity contribution in [2.24, 2.45) is 0 Å². The second-order valence-electron chi connectivity index (χ2n) is 3.15. The van der Waals surface area contributed by atoms with E-state index < -0.39 is 5.97 Å². The first-order valence-electron chi connectivity index (χ1n) is 4.72. The zero-order valence-electron chi connectivity index (χ0n) is 8.59. The SMILES string of the molecule is O=C(O)c1csc(CSc2ccccc2Br)n1. The molecule has 1 heterocycles. The van der Waals surface area contributed by atoms with Crippen LogP contribution in [0.1, 0.15) is 15.5 Å². The summed E-state index contributed by atoms with van der Waals surface area (Å²) in [6.45, 7) is 0. The number of thiazole rings is 1. The second kappa shape index (κ2) is 5.66. The maximum atomic E-state index is 10.7. The molecule has 88 valence electrons. The number of thioether (sulfide) groups is 1. The van der Waals surface area contributed by atoms with E-state index in [1.54, 1.807) is 17.1 Å². The van der Waals surface area contributed by atoms with Gasteiger partial charge in [-0.05, 0) is 28.1 Å². The summed E-state index contributed by atoms with van der Waals surface area (Å²) in [6.07, 6.45) is 0. The van der Waals surface area contributed by atoms with E-state index in [2.05, 4.69) is 20.9 Å². The van der Waals surface area contributed by atoms with Crippen LogP contribution in [0.2, 0.25) is 0 Å². The van der Waals surface area contributed by atoms with E-state index in [4.69, 9.17) is 5.11 Å². The molecule has 1 N–H and O–H groups in total. The fourth-order valence-electron chi connectivity index (χ4n) is 1.18. The topological polar surface area (TPSA) is 50.2 Å². The van der Waals surface area contributed by atoms with Crippen LogP contribution < -0.4 is 0 Å². The lowest BCUT2D eigenvalue weighted by Crippen LogP contribution is -1.96. The summed E-state index contributed by atoms with van der Waals surface area (Å²) in [4.78, 5) is 15.8. The molecule has 0 amide bonds. The highest BCUT2D eigenvalue weighted by atomic mass is 79.9. The highest BCUT2D eigenvalue weighted by molar-refractivity contribution is 9.10. The van der Waals surface area contributed by atoms with Crippen LogP contribution in [0.15, 0.2) is 39.0 Å². The van der Waals surface area contributed by atoms with Crippen LogP contribution in [0.25, 0.3) is 0 Å². The van der Waals surface area contributed by atoms with Crippen LogP contribution in [0.3, 0.4) is 0 Å². The van der Waals surface area contributed by atoms with E-state index in [1.165, 1.54) is 11.3 Å². The third-order valence-electron chi connectivity index (χ3n) is 1.96. The summed E-state index contributed by atoms with van der Waals surface area (Å²) in [5.74, 6) is -0.293. The zero-order chi connectivity index (χ0) is 12.3. The van der Waals surface area contributed by atoms with Crippen molar-refractivity contribution < 1.29 is 9.90 Å². The number of carboxylic acids is 1. The number of halogens is 1. The molecule has 3 nitrogen and oxygen atoms in total. The van der Waals surface area contributed by atoms with Gasteiger partial charge in [0.05, 0.1) is 5.75 Å². The van der Waals surface area contributed by atoms with Gasteiger partial charge in [-0.15, -0.1) is 23.1 Å². The Balaban J connectivity index is 2.02. The highest BCUT2D eigenvalue weighted by Crippen LogP contribution is 2.30. The molecule has 2 aromatic rings. The van der Waals surface area contributed by atoms with Crippen molar-refractivity contribution in [2.45, 2.75) is 10.6 Å². The van der Waals surface area contributed by atoms with Gasteiger partial charge in [0.15, 0.2) is 5.69 Å². The predicted octanol–water partition coefficient (Wildman–Crippen LogP) is 3.90.